The van der Waals surface area contributed by atoms with E-state index in [9.17, 15) is 4.79 Å². The van der Waals surface area contributed by atoms with Crippen molar-refractivity contribution < 1.29 is 4.79 Å². The fourth-order valence-corrected chi connectivity index (χ4v) is 8.33. The number of hydrogen-bond donors (Lipinski definition) is 0. The van der Waals surface area contributed by atoms with Crippen molar-refractivity contribution in [3.8, 4) is 0 Å². The highest BCUT2D eigenvalue weighted by atomic mass is 35.5. The molecule has 0 spiro atoms. The highest BCUT2D eigenvalue weighted by Crippen LogP contribution is 2.72. The molecule has 0 unspecified atom stereocenters. The van der Waals surface area contributed by atoms with Gasteiger partial charge in [-0.3, -0.25) is 4.79 Å². The van der Waals surface area contributed by atoms with Crippen LogP contribution in [0.5, 0.6) is 0 Å². The van der Waals surface area contributed by atoms with E-state index in [1.165, 1.54) is 32.1 Å². The van der Waals surface area contributed by atoms with Crippen molar-refractivity contribution in [2.75, 3.05) is 0 Å². The van der Waals surface area contributed by atoms with Gasteiger partial charge in [0, 0.05) is 17.7 Å². The van der Waals surface area contributed by atoms with Gasteiger partial charge in [0.1, 0.15) is 5.78 Å². The summed E-state index contributed by atoms with van der Waals surface area (Å²) in [6, 6.07) is 0. The zero-order valence-corrected chi connectivity index (χ0v) is 16.1. The first-order valence-corrected chi connectivity index (χ1v) is 10.3. The molecule has 0 saturated heterocycles. The Bertz CT molecular complexity index is 530. The predicted octanol–water partition coefficient (Wildman–Crippen LogP) is 5.84. The largest absolute Gasteiger partial charge is 0.299 e. The summed E-state index contributed by atoms with van der Waals surface area (Å²) in [5.74, 6) is 3.14. The van der Waals surface area contributed by atoms with Crippen LogP contribution in [0.15, 0.2) is 0 Å². The van der Waals surface area contributed by atoms with E-state index in [0.29, 0.717) is 33.8 Å². The number of halogens is 1. The maximum atomic E-state index is 12.5. The number of hydrogen-bond acceptors (Lipinski definition) is 1. The summed E-state index contributed by atoms with van der Waals surface area (Å²) in [5.41, 5.74) is 1.05. The number of rotatable bonds is 0. The predicted molar refractivity (Wildman–Crippen MR) is 95.5 cm³/mol. The van der Waals surface area contributed by atoms with Crippen LogP contribution in [0.25, 0.3) is 0 Å². The minimum Gasteiger partial charge on any atom is -0.299 e. The lowest BCUT2D eigenvalue weighted by atomic mass is 9.37. The maximum Gasteiger partial charge on any atom is 0.136 e. The summed E-state index contributed by atoms with van der Waals surface area (Å²) in [6.07, 6.45) is 9.51. The molecule has 130 valence electrons. The quantitative estimate of drug-likeness (QED) is 0.508. The molecule has 4 saturated carbocycles. The maximum absolute atomic E-state index is 12.5. The highest BCUT2D eigenvalue weighted by molar-refractivity contribution is 6.20. The van der Waals surface area contributed by atoms with E-state index in [2.05, 4.69) is 27.7 Å². The molecule has 0 amide bonds. The van der Waals surface area contributed by atoms with Crippen LogP contribution in [-0.2, 0) is 4.79 Å². The van der Waals surface area contributed by atoms with E-state index < -0.39 is 0 Å². The van der Waals surface area contributed by atoms with Crippen molar-refractivity contribution >= 4 is 17.4 Å². The molecule has 0 radical (unpaired) electrons. The van der Waals surface area contributed by atoms with Crippen LogP contribution in [0, 0.1) is 39.9 Å². The Morgan fingerprint density at radius 3 is 2.43 bits per heavy atom. The van der Waals surface area contributed by atoms with Gasteiger partial charge in [0.25, 0.3) is 0 Å². The van der Waals surface area contributed by atoms with E-state index in [1.807, 2.05) is 0 Å². The van der Waals surface area contributed by atoms with Gasteiger partial charge in [-0.25, -0.2) is 0 Å². The fourth-order valence-electron chi connectivity index (χ4n) is 8.05. The molecule has 0 aliphatic heterocycles. The molecule has 23 heavy (non-hydrogen) atoms. The van der Waals surface area contributed by atoms with E-state index >= 15 is 0 Å². The average molecular weight is 337 g/mol. The summed E-state index contributed by atoms with van der Waals surface area (Å²) in [4.78, 5) is 12.5. The van der Waals surface area contributed by atoms with Gasteiger partial charge in [0.15, 0.2) is 0 Å². The van der Waals surface area contributed by atoms with Crippen molar-refractivity contribution in [1.29, 1.82) is 0 Å². The van der Waals surface area contributed by atoms with Gasteiger partial charge in [0.05, 0.1) is 0 Å². The zero-order chi connectivity index (χ0) is 16.6. The molecular weight excluding hydrogens is 304 g/mol. The summed E-state index contributed by atoms with van der Waals surface area (Å²) in [5, 5.41) is 0.373. The smallest absolute Gasteiger partial charge is 0.136 e. The Morgan fingerprint density at radius 1 is 0.957 bits per heavy atom. The first-order chi connectivity index (χ1) is 10.7. The summed E-state index contributed by atoms with van der Waals surface area (Å²) in [7, 11) is 0. The number of ketones is 1. The highest BCUT2D eigenvalue weighted by Gasteiger charge is 2.67. The molecule has 0 heterocycles. The first-order valence-electron chi connectivity index (χ1n) is 9.91. The Balaban J connectivity index is 1.74. The molecule has 1 nitrogen and oxygen atoms in total. The standard InChI is InChI=1S/C21H33ClO/c1-13-14-7-11-21(4)18(19(14,2)10-8-16(13)22)6-5-15-17(23)9-12-20(15,21)3/h13-16,18H,5-12H2,1-4H3/t13-,14-,15+,16-,18-,19-,20-,21-/m0/s1. The van der Waals surface area contributed by atoms with Crippen molar-refractivity contribution in [3.63, 3.8) is 0 Å². The third kappa shape index (κ3) is 1.89. The van der Waals surface area contributed by atoms with E-state index in [1.54, 1.807) is 0 Å². The molecule has 4 rings (SSSR count). The Labute approximate surface area is 146 Å². The van der Waals surface area contributed by atoms with E-state index in [-0.39, 0.29) is 5.41 Å². The number of carbonyl (C=O) groups excluding carboxylic acids is 1. The lowest BCUT2D eigenvalue weighted by Gasteiger charge is -2.67. The molecule has 0 aromatic carbocycles. The van der Waals surface area contributed by atoms with E-state index in [0.717, 1.165) is 31.1 Å². The molecule has 8 atom stereocenters. The molecule has 4 aliphatic carbocycles. The average Bonchev–Trinajstić information content (AvgIpc) is 2.81. The second kappa shape index (κ2) is 4.99. The second-order valence-corrected chi connectivity index (χ2v) is 10.6. The molecule has 2 heteroatoms. The van der Waals surface area contributed by atoms with Gasteiger partial charge < -0.3 is 0 Å². The normalized spacial score (nSPS) is 59.2. The van der Waals surface area contributed by atoms with Gasteiger partial charge in [-0.15, -0.1) is 11.6 Å². The lowest BCUT2D eigenvalue weighted by Crippen LogP contribution is -2.61. The van der Waals surface area contributed by atoms with E-state index in [4.69, 9.17) is 11.6 Å². The zero-order valence-electron chi connectivity index (χ0n) is 15.3. The molecule has 4 aliphatic rings. The number of alkyl halides is 1. The van der Waals surface area contributed by atoms with Crippen molar-refractivity contribution in [1.82, 2.24) is 0 Å². The Morgan fingerprint density at radius 2 is 1.70 bits per heavy atom. The molecule has 0 aromatic heterocycles. The third-order valence-corrected chi connectivity index (χ3v) is 10.3. The summed E-state index contributed by atoms with van der Waals surface area (Å²) >= 11 is 6.65. The lowest BCUT2D eigenvalue weighted by molar-refractivity contribution is -0.186. The molecule has 0 N–H and O–H groups in total. The van der Waals surface area contributed by atoms with Crippen LogP contribution in [0.3, 0.4) is 0 Å². The molecule has 0 bridgehead atoms. The monoisotopic (exact) mass is 336 g/mol. The molecule has 4 fully saturated rings. The van der Waals surface area contributed by atoms with Crippen LogP contribution in [0.2, 0.25) is 0 Å². The minimum atomic E-state index is 0.252. The van der Waals surface area contributed by atoms with Crippen LogP contribution >= 0.6 is 11.6 Å². The second-order valence-electron chi connectivity index (χ2n) is 10.0. The van der Waals surface area contributed by atoms with Crippen molar-refractivity contribution in [3.05, 3.63) is 0 Å². The SMILES string of the molecule is C[C@@H]1[C@@H](Cl)CC[C@@]2(C)[C@H]1CC[C@@]1(C)[C@H]2CC[C@@H]2C(=O)CC[C@@]21C. The van der Waals surface area contributed by atoms with Crippen LogP contribution < -0.4 is 0 Å². The summed E-state index contributed by atoms with van der Waals surface area (Å²) < 4.78 is 0. The van der Waals surface area contributed by atoms with Crippen LogP contribution in [-0.4, -0.2) is 11.2 Å². The van der Waals surface area contributed by atoms with Crippen LogP contribution in [0.4, 0.5) is 0 Å². The van der Waals surface area contributed by atoms with Crippen LogP contribution in [0.1, 0.15) is 79.1 Å². The van der Waals surface area contributed by atoms with Gasteiger partial charge in [0.2, 0.25) is 0 Å². The molecule has 0 aromatic rings. The van der Waals surface area contributed by atoms with Gasteiger partial charge in [-0.1, -0.05) is 27.7 Å². The first kappa shape index (κ1) is 16.4. The number of fused-ring (bicyclic) bond motifs is 5. The third-order valence-electron chi connectivity index (χ3n) is 9.65. The minimum absolute atomic E-state index is 0.252. The Hall–Kier alpha value is -0.0400. The number of Topliss-reactive ketones (excluding diaryl/α,β-unsaturated/α-hetero) is 1. The van der Waals surface area contributed by atoms with Gasteiger partial charge >= 0.3 is 0 Å². The Kier molecular flexibility index (Phi) is 3.57. The van der Waals surface area contributed by atoms with Crippen molar-refractivity contribution in [2.24, 2.45) is 39.9 Å². The molecular formula is C21H33ClO. The van der Waals surface area contributed by atoms with Crippen molar-refractivity contribution in [2.45, 2.75) is 84.4 Å². The fraction of sp³-hybridized carbons (Fsp3) is 0.952. The van der Waals surface area contributed by atoms with Gasteiger partial charge in [-0.2, -0.15) is 0 Å². The summed E-state index contributed by atoms with van der Waals surface area (Å²) in [6.45, 7) is 10.0. The topological polar surface area (TPSA) is 17.1 Å². The number of carbonyl (C=O) groups is 1. The van der Waals surface area contributed by atoms with Gasteiger partial charge in [-0.05, 0) is 78.9 Å².